The Morgan fingerprint density at radius 3 is 2.29 bits per heavy atom. The van der Waals surface area contributed by atoms with Gasteiger partial charge in [0.1, 0.15) is 0 Å². The fourth-order valence-electron chi connectivity index (χ4n) is 2.13. The molecule has 130 valence electrons. The van der Waals surface area contributed by atoms with Crippen LogP contribution in [-0.2, 0) is 12.6 Å². The predicted octanol–water partition coefficient (Wildman–Crippen LogP) is 4.96. The van der Waals surface area contributed by atoms with E-state index in [1.165, 1.54) is 4.68 Å². The number of nitrogens with two attached hydrogens (primary N) is 1. The van der Waals surface area contributed by atoms with Crippen molar-refractivity contribution in [3.05, 3.63) is 39.0 Å². The molecule has 0 spiro atoms. The molecule has 0 bridgehead atoms. The number of benzene rings is 1. The number of halogens is 5. The number of hydrogen-bond acceptors (Lipinski definition) is 3. The SMILES string of the molecule is CCc1c(Oc2c(Cl)cc(C(F)(F)F)cc2Cl)nn(C(N)=S)c1C. The van der Waals surface area contributed by atoms with Crippen LogP contribution in [-0.4, -0.2) is 14.9 Å². The first-order chi connectivity index (χ1) is 11.1. The minimum atomic E-state index is -4.57. The molecule has 0 radical (unpaired) electrons. The van der Waals surface area contributed by atoms with Crippen molar-refractivity contribution in [3.8, 4) is 11.6 Å². The highest BCUT2D eigenvalue weighted by Crippen LogP contribution is 2.42. The van der Waals surface area contributed by atoms with Gasteiger partial charge in [0.15, 0.2) is 10.9 Å². The topological polar surface area (TPSA) is 53.1 Å². The molecule has 4 nitrogen and oxygen atoms in total. The third-order valence-corrected chi connectivity index (χ3v) is 4.02. The molecule has 10 heteroatoms. The average molecular weight is 398 g/mol. The van der Waals surface area contributed by atoms with Crippen LogP contribution >= 0.6 is 35.4 Å². The summed E-state index contributed by atoms with van der Waals surface area (Å²) in [6.07, 6.45) is -4.02. The van der Waals surface area contributed by atoms with Crippen molar-refractivity contribution in [3.63, 3.8) is 0 Å². The van der Waals surface area contributed by atoms with Crippen LogP contribution in [0, 0.1) is 6.92 Å². The second-order valence-corrected chi connectivity index (χ2v) is 6.07. The number of ether oxygens (including phenoxy) is 1. The lowest BCUT2D eigenvalue weighted by Gasteiger charge is -2.12. The third kappa shape index (κ3) is 3.60. The van der Waals surface area contributed by atoms with Crippen molar-refractivity contribution >= 4 is 40.5 Å². The van der Waals surface area contributed by atoms with Crippen LogP contribution in [0.5, 0.6) is 11.6 Å². The molecule has 0 aliphatic rings. The molecule has 24 heavy (non-hydrogen) atoms. The Balaban J connectivity index is 2.49. The van der Waals surface area contributed by atoms with Crippen molar-refractivity contribution in [2.75, 3.05) is 0 Å². The molecule has 0 fully saturated rings. The monoisotopic (exact) mass is 397 g/mol. The van der Waals surface area contributed by atoms with Crippen LogP contribution in [0.3, 0.4) is 0 Å². The molecule has 1 aromatic carbocycles. The largest absolute Gasteiger partial charge is 0.434 e. The van der Waals surface area contributed by atoms with Crippen LogP contribution in [0.25, 0.3) is 0 Å². The highest BCUT2D eigenvalue weighted by atomic mass is 35.5. The number of nitrogens with zero attached hydrogens (tertiary/aromatic N) is 2. The van der Waals surface area contributed by atoms with Gasteiger partial charge in [-0.2, -0.15) is 13.2 Å². The van der Waals surface area contributed by atoms with Gasteiger partial charge >= 0.3 is 6.18 Å². The first-order valence-electron chi connectivity index (χ1n) is 6.68. The lowest BCUT2D eigenvalue weighted by Crippen LogP contribution is -2.21. The number of hydrogen-bond donors (Lipinski definition) is 1. The summed E-state index contributed by atoms with van der Waals surface area (Å²) in [5.74, 6) is 0.0139. The third-order valence-electron chi connectivity index (χ3n) is 3.29. The number of thiocarbonyl (C=S) groups is 1. The Labute approximate surface area is 151 Å². The van der Waals surface area contributed by atoms with E-state index >= 15 is 0 Å². The second-order valence-electron chi connectivity index (χ2n) is 4.84. The highest BCUT2D eigenvalue weighted by Gasteiger charge is 2.32. The van der Waals surface area contributed by atoms with Crippen molar-refractivity contribution in [2.45, 2.75) is 26.4 Å². The van der Waals surface area contributed by atoms with Crippen molar-refractivity contribution < 1.29 is 17.9 Å². The number of aromatic nitrogens is 2. The van der Waals surface area contributed by atoms with Gasteiger partial charge in [-0.1, -0.05) is 30.1 Å². The van der Waals surface area contributed by atoms with Crippen LogP contribution in [0.4, 0.5) is 13.2 Å². The predicted molar refractivity (Wildman–Crippen MR) is 90.1 cm³/mol. The standard InChI is InChI=1S/C14H12Cl2F3N3OS/c1-3-8-6(2)22(13(20)24)21-12(8)23-11-9(15)4-7(5-10(11)16)14(17,18)19/h4-5H,3H2,1-2H3,(H2,20,24). The van der Waals surface area contributed by atoms with Gasteiger partial charge in [0.25, 0.3) is 0 Å². The van der Waals surface area contributed by atoms with Crippen molar-refractivity contribution in [1.29, 1.82) is 0 Å². The van der Waals surface area contributed by atoms with E-state index in [2.05, 4.69) is 5.10 Å². The van der Waals surface area contributed by atoms with E-state index < -0.39 is 11.7 Å². The maximum Gasteiger partial charge on any atom is 0.416 e. The number of rotatable bonds is 3. The summed E-state index contributed by atoms with van der Waals surface area (Å²) >= 11 is 16.7. The lowest BCUT2D eigenvalue weighted by molar-refractivity contribution is -0.137. The molecule has 0 saturated heterocycles. The fraction of sp³-hybridized carbons (Fsp3) is 0.286. The van der Waals surface area contributed by atoms with Gasteiger partial charge < -0.3 is 10.5 Å². The zero-order valence-electron chi connectivity index (χ0n) is 12.5. The van der Waals surface area contributed by atoms with E-state index in [1.54, 1.807) is 6.92 Å². The minimum Gasteiger partial charge on any atom is -0.434 e. The summed E-state index contributed by atoms with van der Waals surface area (Å²) in [6, 6.07) is 1.48. The molecule has 0 atom stereocenters. The molecule has 0 saturated carbocycles. The minimum absolute atomic E-state index is 0.0154. The Hall–Kier alpha value is -1.51. The van der Waals surface area contributed by atoms with Crippen LogP contribution < -0.4 is 10.5 Å². The molecule has 1 heterocycles. The van der Waals surface area contributed by atoms with Gasteiger partial charge in [0.05, 0.1) is 21.3 Å². The summed E-state index contributed by atoms with van der Waals surface area (Å²) in [5.41, 5.74) is 5.96. The van der Waals surface area contributed by atoms with Crippen LogP contribution in [0.1, 0.15) is 23.7 Å². The average Bonchev–Trinajstić information content (AvgIpc) is 2.77. The zero-order chi connectivity index (χ0) is 18.2. The normalized spacial score (nSPS) is 11.6. The summed E-state index contributed by atoms with van der Waals surface area (Å²) in [7, 11) is 0. The van der Waals surface area contributed by atoms with Gasteiger partial charge in [-0.3, -0.25) is 0 Å². The fourth-order valence-corrected chi connectivity index (χ4v) is 2.87. The van der Waals surface area contributed by atoms with E-state index in [-0.39, 0.29) is 26.8 Å². The van der Waals surface area contributed by atoms with E-state index in [0.717, 1.165) is 12.1 Å². The molecule has 0 aliphatic heterocycles. The second kappa shape index (κ2) is 6.78. The van der Waals surface area contributed by atoms with Gasteiger partial charge in [0.2, 0.25) is 5.88 Å². The molecule has 2 aromatic rings. The Kier molecular flexibility index (Phi) is 5.31. The summed E-state index contributed by atoms with van der Waals surface area (Å²) < 4.78 is 45.2. The zero-order valence-corrected chi connectivity index (χ0v) is 14.9. The maximum atomic E-state index is 12.8. The van der Waals surface area contributed by atoms with Crippen LogP contribution in [0.15, 0.2) is 12.1 Å². The van der Waals surface area contributed by atoms with Gasteiger partial charge in [0, 0.05) is 5.56 Å². The van der Waals surface area contributed by atoms with Crippen molar-refractivity contribution in [1.82, 2.24) is 9.78 Å². The molecule has 0 amide bonds. The van der Waals surface area contributed by atoms with Crippen LogP contribution in [0.2, 0.25) is 10.0 Å². The summed E-state index contributed by atoms with van der Waals surface area (Å²) in [4.78, 5) is 0. The number of alkyl halides is 3. The Bertz CT molecular complexity index is 782. The first kappa shape index (κ1) is 18.8. The smallest absolute Gasteiger partial charge is 0.416 e. The summed E-state index contributed by atoms with van der Waals surface area (Å²) in [6.45, 7) is 3.60. The molecule has 0 aliphatic carbocycles. The molecule has 2 N–H and O–H groups in total. The lowest BCUT2D eigenvalue weighted by atomic mass is 10.2. The van der Waals surface area contributed by atoms with Crippen molar-refractivity contribution in [2.24, 2.45) is 5.73 Å². The molecular formula is C14H12Cl2F3N3OS. The Morgan fingerprint density at radius 1 is 1.33 bits per heavy atom. The molecule has 0 unspecified atom stereocenters. The van der Waals surface area contributed by atoms with E-state index in [0.29, 0.717) is 17.7 Å². The van der Waals surface area contributed by atoms with E-state index in [1.807, 2.05) is 6.92 Å². The first-order valence-corrected chi connectivity index (χ1v) is 7.85. The molecule has 2 rings (SSSR count). The van der Waals surface area contributed by atoms with Gasteiger partial charge in [-0.15, -0.1) is 5.10 Å². The van der Waals surface area contributed by atoms with Gasteiger partial charge in [-0.05, 0) is 37.7 Å². The van der Waals surface area contributed by atoms with E-state index in [4.69, 9.17) is 45.9 Å². The molecular weight excluding hydrogens is 386 g/mol. The molecule has 1 aromatic heterocycles. The van der Waals surface area contributed by atoms with E-state index in [9.17, 15) is 13.2 Å². The Morgan fingerprint density at radius 2 is 1.88 bits per heavy atom. The highest BCUT2D eigenvalue weighted by molar-refractivity contribution is 7.80. The quantitative estimate of drug-likeness (QED) is 0.743. The maximum absolute atomic E-state index is 12.8. The summed E-state index contributed by atoms with van der Waals surface area (Å²) in [5, 5.41) is 3.58. The van der Waals surface area contributed by atoms with Gasteiger partial charge in [-0.25, -0.2) is 4.68 Å².